The van der Waals surface area contributed by atoms with E-state index >= 15 is 0 Å². The molecule has 0 radical (unpaired) electrons. The van der Waals surface area contributed by atoms with Gasteiger partial charge in [0.05, 0.1) is 5.69 Å². The molecule has 0 aliphatic carbocycles. The molecular weight excluding hydrogens is 198 g/mol. The summed E-state index contributed by atoms with van der Waals surface area (Å²) >= 11 is 0. The normalized spacial score (nSPS) is 10.6. The zero-order valence-corrected chi connectivity index (χ0v) is 9.56. The van der Waals surface area contributed by atoms with E-state index in [0.717, 1.165) is 18.5 Å². The second-order valence-electron chi connectivity index (χ2n) is 3.92. The quantitative estimate of drug-likeness (QED) is 0.847. The minimum absolute atomic E-state index is 0.713. The molecule has 3 nitrogen and oxygen atoms in total. The van der Waals surface area contributed by atoms with Crippen LogP contribution in [-0.4, -0.2) is 16.3 Å². The summed E-state index contributed by atoms with van der Waals surface area (Å²) in [5.41, 5.74) is 9.12. The van der Waals surface area contributed by atoms with E-state index < -0.39 is 0 Å². The molecule has 2 aromatic rings. The van der Waals surface area contributed by atoms with E-state index in [2.05, 4.69) is 35.6 Å². The van der Waals surface area contributed by atoms with Gasteiger partial charge in [-0.25, -0.2) is 0 Å². The predicted molar refractivity (Wildman–Crippen MR) is 66.0 cm³/mol. The van der Waals surface area contributed by atoms with Crippen LogP contribution < -0.4 is 5.73 Å². The highest BCUT2D eigenvalue weighted by molar-refractivity contribution is 5.65. The maximum atomic E-state index is 5.54. The van der Waals surface area contributed by atoms with Crippen molar-refractivity contribution < 1.29 is 0 Å². The highest BCUT2D eigenvalue weighted by Crippen LogP contribution is 2.23. The van der Waals surface area contributed by atoms with Gasteiger partial charge in [0, 0.05) is 18.8 Å². The Labute approximate surface area is 95.9 Å². The van der Waals surface area contributed by atoms with Gasteiger partial charge < -0.3 is 5.73 Å². The van der Waals surface area contributed by atoms with Crippen molar-refractivity contribution in [3.63, 3.8) is 0 Å². The Morgan fingerprint density at radius 3 is 2.69 bits per heavy atom. The van der Waals surface area contributed by atoms with Gasteiger partial charge >= 0.3 is 0 Å². The molecule has 1 heterocycles. The fourth-order valence-electron chi connectivity index (χ4n) is 1.85. The lowest BCUT2D eigenvalue weighted by atomic mass is 10.0. The fraction of sp³-hybridized carbons (Fsp3) is 0.308. The zero-order valence-electron chi connectivity index (χ0n) is 9.56. The first-order chi connectivity index (χ1) is 7.81. The molecule has 0 aliphatic heterocycles. The molecule has 2 rings (SSSR count). The third-order valence-corrected chi connectivity index (χ3v) is 2.61. The summed E-state index contributed by atoms with van der Waals surface area (Å²) in [6, 6.07) is 10.4. The summed E-state index contributed by atoms with van der Waals surface area (Å²) in [5.74, 6) is 0. The number of aryl methyl sites for hydroxylation is 2. The standard InChI is InChI=1S/C13H17N3/c1-16-10-12(11-6-3-2-4-7-11)13(15-16)8-5-9-14/h2-4,6-7,10H,5,8-9,14H2,1H3. The van der Waals surface area contributed by atoms with Crippen molar-refractivity contribution in [1.82, 2.24) is 9.78 Å². The van der Waals surface area contributed by atoms with Crippen molar-refractivity contribution in [3.05, 3.63) is 42.2 Å². The van der Waals surface area contributed by atoms with E-state index in [-0.39, 0.29) is 0 Å². The third-order valence-electron chi connectivity index (χ3n) is 2.61. The van der Waals surface area contributed by atoms with E-state index in [1.807, 2.05) is 17.8 Å². The Hall–Kier alpha value is -1.61. The molecule has 0 fully saturated rings. The number of benzene rings is 1. The Kier molecular flexibility index (Phi) is 3.37. The van der Waals surface area contributed by atoms with Gasteiger partial charge in [-0.2, -0.15) is 5.10 Å². The average Bonchev–Trinajstić information content (AvgIpc) is 2.69. The van der Waals surface area contributed by atoms with Crippen LogP contribution in [0.15, 0.2) is 36.5 Å². The molecule has 0 saturated heterocycles. The highest BCUT2D eigenvalue weighted by Gasteiger charge is 2.08. The van der Waals surface area contributed by atoms with E-state index in [1.165, 1.54) is 11.1 Å². The number of aromatic nitrogens is 2. The Balaban J connectivity index is 2.33. The Bertz CT molecular complexity index is 445. The van der Waals surface area contributed by atoms with Gasteiger partial charge in [0.2, 0.25) is 0 Å². The lowest BCUT2D eigenvalue weighted by molar-refractivity contribution is 0.723. The van der Waals surface area contributed by atoms with Crippen LogP contribution in [0.25, 0.3) is 11.1 Å². The number of hydrogen-bond acceptors (Lipinski definition) is 2. The summed E-state index contributed by atoms with van der Waals surface area (Å²) in [6.07, 6.45) is 4.00. The van der Waals surface area contributed by atoms with E-state index in [9.17, 15) is 0 Å². The van der Waals surface area contributed by atoms with Crippen molar-refractivity contribution >= 4 is 0 Å². The first-order valence-electron chi connectivity index (χ1n) is 5.59. The molecule has 0 amide bonds. The maximum Gasteiger partial charge on any atom is 0.0703 e. The van der Waals surface area contributed by atoms with Crippen LogP contribution in [0.5, 0.6) is 0 Å². The summed E-state index contributed by atoms with van der Waals surface area (Å²) in [6.45, 7) is 0.713. The van der Waals surface area contributed by atoms with Crippen LogP contribution in [-0.2, 0) is 13.5 Å². The number of nitrogens with zero attached hydrogens (tertiary/aromatic N) is 2. The van der Waals surface area contributed by atoms with Gasteiger partial charge in [-0.3, -0.25) is 4.68 Å². The summed E-state index contributed by atoms with van der Waals surface area (Å²) in [5, 5.41) is 4.49. The molecule has 0 spiro atoms. The van der Waals surface area contributed by atoms with Crippen molar-refractivity contribution in [2.24, 2.45) is 12.8 Å². The number of nitrogens with two attached hydrogens (primary N) is 1. The molecular formula is C13H17N3. The van der Waals surface area contributed by atoms with Crippen molar-refractivity contribution in [2.75, 3.05) is 6.54 Å². The van der Waals surface area contributed by atoms with Gasteiger partial charge in [-0.1, -0.05) is 30.3 Å². The molecule has 1 aromatic heterocycles. The Morgan fingerprint density at radius 1 is 1.25 bits per heavy atom. The van der Waals surface area contributed by atoms with Gasteiger partial charge in [-0.15, -0.1) is 0 Å². The lowest BCUT2D eigenvalue weighted by Crippen LogP contribution is -2.01. The molecule has 1 aromatic carbocycles. The molecule has 0 aliphatic rings. The topological polar surface area (TPSA) is 43.8 Å². The predicted octanol–water partition coefficient (Wildman–Crippen LogP) is 1.98. The second kappa shape index (κ2) is 4.94. The van der Waals surface area contributed by atoms with Crippen molar-refractivity contribution in [2.45, 2.75) is 12.8 Å². The highest BCUT2D eigenvalue weighted by atomic mass is 15.2. The second-order valence-corrected chi connectivity index (χ2v) is 3.92. The van der Waals surface area contributed by atoms with E-state index in [1.54, 1.807) is 0 Å². The van der Waals surface area contributed by atoms with Gasteiger partial charge in [0.25, 0.3) is 0 Å². The van der Waals surface area contributed by atoms with Crippen LogP contribution in [0, 0.1) is 0 Å². The van der Waals surface area contributed by atoms with Crippen LogP contribution in [0.4, 0.5) is 0 Å². The van der Waals surface area contributed by atoms with Crippen molar-refractivity contribution in [3.8, 4) is 11.1 Å². The molecule has 0 atom stereocenters. The fourth-order valence-corrected chi connectivity index (χ4v) is 1.85. The summed E-state index contributed by atoms with van der Waals surface area (Å²) in [7, 11) is 1.96. The van der Waals surface area contributed by atoms with Gasteiger partial charge in [0.1, 0.15) is 0 Å². The average molecular weight is 215 g/mol. The van der Waals surface area contributed by atoms with E-state index in [4.69, 9.17) is 5.73 Å². The van der Waals surface area contributed by atoms with E-state index in [0.29, 0.717) is 6.54 Å². The molecule has 84 valence electrons. The van der Waals surface area contributed by atoms with Crippen molar-refractivity contribution in [1.29, 1.82) is 0 Å². The lowest BCUT2D eigenvalue weighted by Gasteiger charge is -2.01. The first-order valence-corrected chi connectivity index (χ1v) is 5.59. The monoisotopic (exact) mass is 215 g/mol. The molecule has 0 unspecified atom stereocenters. The third kappa shape index (κ3) is 2.31. The van der Waals surface area contributed by atoms with Crippen LogP contribution in [0.1, 0.15) is 12.1 Å². The van der Waals surface area contributed by atoms with Gasteiger partial charge in [-0.05, 0) is 24.9 Å². The minimum Gasteiger partial charge on any atom is -0.330 e. The number of rotatable bonds is 4. The smallest absolute Gasteiger partial charge is 0.0703 e. The summed E-state index contributed by atoms with van der Waals surface area (Å²) < 4.78 is 1.87. The molecule has 0 bridgehead atoms. The molecule has 0 saturated carbocycles. The van der Waals surface area contributed by atoms with Crippen LogP contribution in [0.2, 0.25) is 0 Å². The first kappa shape index (κ1) is 10.9. The minimum atomic E-state index is 0.713. The zero-order chi connectivity index (χ0) is 11.4. The van der Waals surface area contributed by atoms with Crippen LogP contribution in [0.3, 0.4) is 0 Å². The van der Waals surface area contributed by atoms with Crippen LogP contribution >= 0.6 is 0 Å². The molecule has 2 N–H and O–H groups in total. The van der Waals surface area contributed by atoms with Gasteiger partial charge in [0.15, 0.2) is 0 Å². The number of hydrogen-bond donors (Lipinski definition) is 1. The molecule has 16 heavy (non-hydrogen) atoms. The largest absolute Gasteiger partial charge is 0.330 e. The SMILES string of the molecule is Cn1cc(-c2ccccc2)c(CCCN)n1. The summed E-state index contributed by atoms with van der Waals surface area (Å²) in [4.78, 5) is 0. The maximum absolute atomic E-state index is 5.54. The Morgan fingerprint density at radius 2 is 2.00 bits per heavy atom. The molecule has 3 heteroatoms.